The van der Waals surface area contributed by atoms with Crippen molar-refractivity contribution in [1.82, 2.24) is 9.80 Å². The van der Waals surface area contributed by atoms with E-state index in [1.165, 1.54) is 11.1 Å². The van der Waals surface area contributed by atoms with Gasteiger partial charge in [-0.1, -0.05) is 110 Å². The number of aliphatic hydroxyl groups is 1. The molecule has 0 aliphatic carbocycles. The summed E-state index contributed by atoms with van der Waals surface area (Å²) in [5.74, 6) is 0.667. The second-order valence-electron chi connectivity index (χ2n) is 10.5. The molecular formula is C34H39ClN2O2. The van der Waals surface area contributed by atoms with Crippen LogP contribution >= 0.6 is 11.6 Å². The molecule has 0 radical (unpaired) electrons. The normalized spacial score (nSPS) is 16.4. The summed E-state index contributed by atoms with van der Waals surface area (Å²) in [5, 5.41) is 14.3. The zero-order valence-electron chi connectivity index (χ0n) is 23.0. The number of halogens is 1. The van der Waals surface area contributed by atoms with Crippen molar-refractivity contribution in [1.29, 1.82) is 0 Å². The molecule has 0 unspecified atom stereocenters. The highest BCUT2D eigenvalue weighted by Gasteiger charge is 2.32. The molecule has 0 amide bonds. The van der Waals surface area contributed by atoms with Crippen LogP contribution in [-0.2, 0) is 0 Å². The van der Waals surface area contributed by atoms with Crippen LogP contribution in [-0.4, -0.2) is 54.2 Å². The Kier molecular flexibility index (Phi) is 9.21. The highest BCUT2D eigenvalue weighted by atomic mass is 35.5. The molecule has 1 N–H and O–H groups in total. The maximum absolute atomic E-state index is 11.7. The van der Waals surface area contributed by atoms with Crippen LogP contribution in [0.5, 0.6) is 5.75 Å². The molecule has 4 aromatic carbocycles. The molecule has 204 valence electrons. The molecule has 1 fully saturated rings. The molecule has 1 saturated heterocycles. The van der Waals surface area contributed by atoms with E-state index in [9.17, 15) is 5.11 Å². The van der Waals surface area contributed by atoms with Crippen molar-refractivity contribution in [2.45, 2.75) is 44.4 Å². The first-order valence-corrected chi connectivity index (χ1v) is 14.5. The minimum atomic E-state index is -0.563. The Bertz CT molecular complexity index is 1300. The molecular weight excluding hydrogens is 504 g/mol. The van der Waals surface area contributed by atoms with Gasteiger partial charge in [0, 0.05) is 37.6 Å². The lowest BCUT2D eigenvalue weighted by Crippen LogP contribution is -2.52. The summed E-state index contributed by atoms with van der Waals surface area (Å²) in [4.78, 5) is 5.10. The smallest absolute Gasteiger partial charge is 0.138 e. The van der Waals surface area contributed by atoms with E-state index in [1.807, 2.05) is 24.3 Å². The van der Waals surface area contributed by atoms with Crippen LogP contribution in [0, 0.1) is 0 Å². The lowest BCUT2D eigenvalue weighted by molar-refractivity contribution is 0.00694. The minimum absolute atomic E-state index is 0.0742. The van der Waals surface area contributed by atoms with E-state index in [1.54, 1.807) is 7.11 Å². The monoisotopic (exact) mass is 542 g/mol. The van der Waals surface area contributed by atoms with Gasteiger partial charge in [-0.2, -0.15) is 0 Å². The number of rotatable bonds is 10. The van der Waals surface area contributed by atoms with E-state index >= 15 is 0 Å². The van der Waals surface area contributed by atoms with Gasteiger partial charge in [-0.25, -0.2) is 0 Å². The maximum atomic E-state index is 11.7. The number of piperazine rings is 1. The third-order valence-corrected chi connectivity index (χ3v) is 8.53. The topological polar surface area (TPSA) is 35.9 Å². The molecule has 1 heterocycles. The van der Waals surface area contributed by atoms with Crippen molar-refractivity contribution in [2.24, 2.45) is 0 Å². The number of unbranched alkanes of at least 4 members (excludes halogenated alkanes) is 1. The number of aliphatic hydroxyl groups excluding tert-OH is 1. The highest BCUT2D eigenvalue weighted by Crippen LogP contribution is 2.36. The van der Waals surface area contributed by atoms with E-state index < -0.39 is 6.10 Å². The van der Waals surface area contributed by atoms with Crippen LogP contribution in [0.15, 0.2) is 91.0 Å². The number of hydrogen-bond donors (Lipinski definition) is 1. The van der Waals surface area contributed by atoms with E-state index in [4.69, 9.17) is 16.3 Å². The van der Waals surface area contributed by atoms with Crippen LogP contribution in [0.2, 0.25) is 5.02 Å². The molecule has 1 aliphatic heterocycles. The molecule has 4 aromatic rings. The van der Waals surface area contributed by atoms with Crippen LogP contribution in [0.25, 0.3) is 10.8 Å². The third-order valence-electron chi connectivity index (χ3n) is 8.14. The summed E-state index contributed by atoms with van der Waals surface area (Å²) in [5.41, 5.74) is 3.59. The minimum Gasteiger partial charge on any atom is -0.495 e. The summed E-state index contributed by atoms with van der Waals surface area (Å²) < 4.78 is 5.38. The Balaban J connectivity index is 1.35. The van der Waals surface area contributed by atoms with Crippen molar-refractivity contribution in [3.63, 3.8) is 0 Å². The van der Waals surface area contributed by atoms with Crippen molar-refractivity contribution in [3.8, 4) is 5.75 Å². The molecule has 0 aromatic heterocycles. The SMILES string of the molecule is CCCC[C@H]([C@H](O)c1ccc2c(Cl)c(OC)ccc2c1)N1CCN(C(c2ccccc2)c2ccccc2)CC1. The van der Waals surface area contributed by atoms with Crippen LogP contribution in [0.1, 0.15) is 55.0 Å². The molecule has 1 aliphatic rings. The number of hydrogen-bond acceptors (Lipinski definition) is 4. The van der Waals surface area contributed by atoms with Crippen molar-refractivity contribution >= 4 is 22.4 Å². The second kappa shape index (κ2) is 13.0. The Morgan fingerprint density at radius 3 is 2.00 bits per heavy atom. The summed E-state index contributed by atoms with van der Waals surface area (Å²) >= 11 is 6.55. The van der Waals surface area contributed by atoms with Gasteiger partial charge in [0.1, 0.15) is 5.75 Å². The number of nitrogens with zero attached hydrogens (tertiary/aromatic N) is 2. The molecule has 5 heteroatoms. The standard InChI is InChI=1S/C34H39ClN2O2/c1-3-4-15-30(34(38)28-16-18-29-27(24-28)17-19-31(39-2)32(29)35)36-20-22-37(23-21-36)33(25-11-7-5-8-12-25)26-13-9-6-10-14-26/h5-14,16-19,24,30,33-34,38H,3-4,15,20-23H2,1-2H3/t30-,34-/m1/s1. The summed E-state index contributed by atoms with van der Waals surface area (Å²) in [7, 11) is 1.63. The fourth-order valence-corrected chi connectivity index (χ4v) is 6.33. The van der Waals surface area contributed by atoms with Gasteiger partial charge in [0.25, 0.3) is 0 Å². The molecule has 0 spiro atoms. The number of ether oxygens (including phenoxy) is 1. The first-order valence-electron chi connectivity index (χ1n) is 14.1. The van der Waals surface area contributed by atoms with Gasteiger partial charge in [0.2, 0.25) is 0 Å². The van der Waals surface area contributed by atoms with Crippen LogP contribution in [0.4, 0.5) is 0 Å². The highest BCUT2D eigenvalue weighted by molar-refractivity contribution is 6.37. The largest absolute Gasteiger partial charge is 0.495 e. The van der Waals surface area contributed by atoms with E-state index in [2.05, 4.69) is 83.5 Å². The fourth-order valence-electron chi connectivity index (χ4n) is 6.02. The van der Waals surface area contributed by atoms with Crippen molar-refractivity contribution < 1.29 is 9.84 Å². The molecule has 2 atom stereocenters. The molecule has 0 bridgehead atoms. The Labute approximate surface area is 237 Å². The maximum Gasteiger partial charge on any atom is 0.138 e. The fraction of sp³-hybridized carbons (Fsp3) is 0.353. The predicted molar refractivity (Wildman–Crippen MR) is 162 cm³/mol. The summed E-state index contributed by atoms with van der Waals surface area (Å²) in [6.07, 6.45) is 2.61. The predicted octanol–water partition coefficient (Wildman–Crippen LogP) is 7.50. The van der Waals surface area contributed by atoms with Gasteiger partial charge >= 0.3 is 0 Å². The molecule has 39 heavy (non-hydrogen) atoms. The van der Waals surface area contributed by atoms with Gasteiger partial charge in [-0.15, -0.1) is 0 Å². The second-order valence-corrected chi connectivity index (χ2v) is 10.9. The van der Waals surface area contributed by atoms with Crippen LogP contribution < -0.4 is 4.74 Å². The third kappa shape index (κ3) is 6.15. The van der Waals surface area contributed by atoms with Crippen molar-refractivity contribution in [2.75, 3.05) is 33.3 Å². The van der Waals surface area contributed by atoms with Crippen LogP contribution in [0.3, 0.4) is 0 Å². The average molecular weight is 543 g/mol. The van der Waals surface area contributed by atoms with E-state index in [-0.39, 0.29) is 12.1 Å². The first kappa shape index (κ1) is 27.7. The van der Waals surface area contributed by atoms with Gasteiger partial charge in [0.15, 0.2) is 0 Å². The number of benzene rings is 4. The number of methoxy groups -OCH3 is 1. The molecule has 5 rings (SSSR count). The Morgan fingerprint density at radius 1 is 0.795 bits per heavy atom. The van der Waals surface area contributed by atoms with E-state index in [0.29, 0.717) is 10.8 Å². The Morgan fingerprint density at radius 2 is 1.41 bits per heavy atom. The lowest BCUT2D eigenvalue weighted by Gasteiger charge is -2.44. The zero-order chi connectivity index (χ0) is 27.2. The van der Waals surface area contributed by atoms with Gasteiger partial charge in [0.05, 0.1) is 24.3 Å². The molecule has 0 saturated carbocycles. The summed E-state index contributed by atoms with van der Waals surface area (Å²) in [6.45, 7) is 5.99. The van der Waals surface area contributed by atoms with E-state index in [0.717, 1.165) is 61.8 Å². The quantitative estimate of drug-likeness (QED) is 0.225. The zero-order valence-corrected chi connectivity index (χ0v) is 23.7. The molecule has 4 nitrogen and oxygen atoms in total. The Hall–Kier alpha value is -2.89. The van der Waals surface area contributed by atoms with Gasteiger partial charge < -0.3 is 9.84 Å². The summed E-state index contributed by atoms with van der Waals surface area (Å²) in [6, 6.07) is 32.0. The van der Waals surface area contributed by atoms with Gasteiger partial charge in [-0.3, -0.25) is 9.80 Å². The van der Waals surface area contributed by atoms with Crippen molar-refractivity contribution in [3.05, 3.63) is 113 Å². The lowest BCUT2D eigenvalue weighted by atomic mass is 9.93. The van der Waals surface area contributed by atoms with Gasteiger partial charge in [-0.05, 0) is 40.6 Å². The first-order chi connectivity index (χ1) is 19.1. The number of fused-ring (bicyclic) bond motifs is 1. The average Bonchev–Trinajstić information content (AvgIpc) is 2.99.